The average molecular weight is 272 g/mol. The second-order valence-corrected chi connectivity index (χ2v) is 5.05. The van der Waals surface area contributed by atoms with E-state index in [9.17, 15) is 0 Å². The molecule has 4 heteroatoms. The predicted molar refractivity (Wildman–Crippen MR) is 76.3 cm³/mol. The Kier molecular flexibility index (Phi) is 5.03. The zero-order chi connectivity index (χ0) is 13.0. The first kappa shape index (κ1) is 14.1. The molecule has 0 heterocycles. The Labute approximate surface area is 113 Å². The van der Waals surface area contributed by atoms with E-state index in [-0.39, 0.29) is 0 Å². The maximum Gasteiger partial charge on any atom is 0.172 e. The maximum absolute atomic E-state index is 6.21. The first-order valence-electron chi connectivity index (χ1n) is 5.25. The summed E-state index contributed by atoms with van der Waals surface area (Å²) in [6.07, 6.45) is 3.99. The summed E-state index contributed by atoms with van der Waals surface area (Å²) in [6.45, 7) is 0. The van der Waals surface area contributed by atoms with Crippen LogP contribution in [-0.4, -0.2) is 43.9 Å². The van der Waals surface area contributed by atoms with E-state index in [0.29, 0.717) is 10.0 Å². The Morgan fingerprint density at radius 3 is 2.12 bits per heavy atom. The second kappa shape index (κ2) is 6.08. The Bertz CT molecular complexity index is 438. The van der Waals surface area contributed by atoms with Crippen molar-refractivity contribution < 1.29 is 4.58 Å². The fourth-order valence-electron chi connectivity index (χ4n) is 1.49. The van der Waals surface area contributed by atoms with E-state index in [1.165, 1.54) is 0 Å². The molecule has 17 heavy (non-hydrogen) atoms. The number of halogens is 2. The van der Waals surface area contributed by atoms with Crippen molar-refractivity contribution in [3.05, 3.63) is 40.0 Å². The Morgan fingerprint density at radius 2 is 1.71 bits per heavy atom. The molecular weight excluding hydrogens is 255 g/mol. The topological polar surface area (TPSA) is 6.25 Å². The average Bonchev–Trinajstić information content (AvgIpc) is 2.14. The number of nitrogens with zero attached hydrogens (tertiary/aromatic N) is 2. The van der Waals surface area contributed by atoms with Gasteiger partial charge in [-0.15, -0.1) is 0 Å². The summed E-state index contributed by atoms with van der Waals surface area (Å²) in [5, 5.41) is 1.31. The van der Waals surface area contributed by atoms with Gasteiger partial charge in [-0.2, -0.15) is 0 Å². The highest BCUT2D eigenvalue weighted by Crippen LogP contribution is 2.30. The molecule has 0 aliphatic heterocycles. The van der Waals surface area contributed by atoms with E-state index in [1.54, 1.807) is 0 Å². The molecule has 2 nitrogen and oxygen atoms in total. The molecule has 1 aromatic rings. The summed E-state index contributed by atoms with van der Waals surface area (Å²) < 4.78 is 1.97. The van der Waals surface area contributed by atoms with Crippen LogP contribution >= 0.6 is 23.2 Å². The van der Waals surface area contributed by atoms with Crippen LogP contribution in [0.4, 0.5) is 0 Å². The summed E-state index contributed by atoms with van der Waals surface area (Å²) in [6, 6.07) is 5.53. The third-order valence-electron chi connectivity index (χ3n) is 2.05. The molecular formula is C13H17Cl2N2+. The summed E-state index contributed by atoms with van der Waals surface area (Å²) in [7, 11) is 7.87. The molecule has 0 aromatic heterocycles. The van der Waals surface area contributed by atoms with Crippen LogP contribution < -0.4 is 0 Å². The number of rotatable bonds is 3. The summed E-state index contributed by atoms with van der Waals surface area (Å²) in [4.78, 5) is 1.97. The first-order chi connectivity index (χ1) is 7.91. The maximum atomic E-state index is 6.21. The van der Waals surface area contributed by atoms with Gasteiger partial charge in [0, 0.05) is 25.9 Å². The molecule has 0 atom stereocenters. The van der Waals surface area contributed by atoms with Crippen LogP contribution in [0.3, 0.4) is 0 Å². The van der Waals surface area contributed by atoms with Gasteiger partial charge in [-0.1, -0.05) is 29.3 Å². The zero-order valence-corrected chi connectivity index (χ0v) is 12.0. The van der Waals surface area contributed by atoms with E-state index in [0.717, 1.165) is 11.1 Å². The Morgan fingerprint density at radius 1 is 1.18 bits per heavy atom. The van der Waals surface area contributed by atoms with Gasteiger partial charge in [0.15, 0.2) is 6.21 Å². The van der Waals surface area contributed by atoms with E-state index in [1.807, 2.05) is 68.3 Å². The van der Waals surface area contributed by atoms with Crippen LogP contribution in [0, 0.1) is 0 Å². The van der Waals surface area contributed by atoms with E-state index < -0.39 is 0 Å². The third-order valence-corrected chi connectivity index (χ3v) is 2.68. The normalized spacial score (nSPS) is 11.3. The van der Waals surface area contributed by atoms with Gasteiger partial charge in [-0.3, -0.25) is 0 Å². The lowest BCUT2D eigenvalue weighted by atomic mass is 10.1. The molecule has 0 aliphatic rings. The molecule has 0 fully saturated rings. The van der Waals surface area contributed by atoms with Crippen LogP contribution in [0.25, 0.3) is 5.57 Å². The molecule has 0 unspecified atom stereocenters. The van der Waals surface area contributed by atoms with Gasteiger partial charge in [-0.05, 0) is 12.1 Å². The van der Waals surface area contributed by atoms with Crippen LogP contribution in [0.5, 0.6) is 0 Å². The van der Waals surface area contributed by atoms with E-state index >= 15 is 0 Å². The van der Waals surface area contributed by atoms with Crippen molar-refractivity contribution in [3.63, 3.8) is 0 Å². The van der Waals surface area contributed by atoms with E-state index in [4.69, 9.17) is 23.2 Å². The largest absolute Gasteiger partial charge is 0.383 e. The van der Waals surface area contributed by atoms with Gasteiger partial charge in [0.05, 0.1) is 15.6 Å². The molecule has 0 spiro atoms. The number of hydrogen-bond acceptors (Lipinski definition) is 1. The molecule has 1 aromatic carbocycles. The fraction of sp³-hybridized carbons (Fsp3) is 0.308. The minimum absolute atomic E-state index is 0.656. The molecule has 0 aliphatic carbocycles. The molecule has 0 saturated heterocycles. The molecule has 0 N–H and O–H groups in total. The molecule has 0 bridgehead atoms. The van der Waals surface area contributed by atoms with Crippen molar-refractivity contribution in [3.8, 4) is 0 Å². The van der Waals surface area contributed by atoms with Crippen molar-refractivity contribution in [2.45, 2.75) is 0 Å². The van der Waals surface area contributed by atoms with Crippen LogP contribution in [-0.2, 0) is 0 Å². The minimum Gasteiger partial charge on any atom is -0.383 e. The lowest BCUT2D eigenvalue weighted by molar-refractivity contribution is -0.458. The number of hydrogen-bond donors (Lipinski definition) is 0. The lowest BCUT2D eigenvalue weighted by Crippen LogP contribution is -2.07. The van der Waals surface area contributed by atoms with Crippen molar-refractivity contribution in [2.75, 3.05) is 28.2 Å². The fourth-order valence-corrected chi connectivity index (χ4v) is 2.11. The highest BCUT2D eigenvalue weighted by molar-refractivity contribution is 6.39. The monoisotopic (exact) mass is 271 g/mol. The summed E-state index contributed by atoms with van der Waals surface area (Å²) in [5.74, 6) is 0. The standard InChI is InChI=1S/C13H17Cl2N2/c1-16(2)8-10(9-17(3)4)13-11(14)6-5-7-12(13)15/h5-9H,1-4H3/q+1. The van der Waals surface area contributed by atoms with Crippen LogP contribution in [0.1, 0.15) is 5.56 Å². The number of allylic oxidation sites excluding steroid dienone is 1. The molecule has 0 saturated carbocycles. The smallest absolute Gasteiger partial charge is 0.172 e. The molecule has 0 radical (unpaired) electrons. The van der Waals surface area contributed by atoms with Gasteiger partial charge in [0.1, 0.15) is 14.1 Å². The number of benzene rings is 1. The Balaban J connectivity index is 3.38. The SMILES string of the molecule is CN(C)/C=C(\C=[N+](C)C)c1c(Cl)cccc1Cl. The van der Waals surface area contributed by atoms with Crippen LogP contribution in [0.15, 0.2) is 24.4 Å². The Hall–Kier alpha value is -0.990. The van der Waals surface area contributed by atoms with Crippen LogP contribution in [0.2, 0.25) is 10.0 Å². The first-order valence-corrected chi connectivity index (χ1v) is 6.01. The second-order valence-electron chi connectivity index (χ2n) is 4.24. The lowest BCUT2D eigenvalue weighted by Gasteiger charge is -2.10. The van der Waals surface area contributed by atoms with Gasteiger partial charge < -0.3 is 4.90 Å². The highest BCUT2D eigenvalue weighted by Gasteiger charge is 2.12. The predicted octanol–water partition coefficient (Wildman–Crippen LogP) is 3.24. The van der Waals surface area contributed by atoms with Gasteiger partial charge in [0.25, 0.3) is 0 Å². The summed E-state index contributed by atoms with van der Waals surface area (Å²) >= 11 is 12.4. The van der Waals surface area contributed by atoms with Crippen molar-refractivity contribution >= 4 is 35.0 Å². The third kappa shape index (κ3) is 4.06. The molecule has 1 rings (SSSR count). The van der Waals surface area contributed by atoms with Gasteiger partial charge in [-0.25, -0.2) is 4.58 Å². The highest BCUT2D eigenvalue weighted by atomic mass is 35.5. The van der Waals surface area contributed by atoms with E-state index in [2.05, 4.69) is 0 Å². The van der Waals surface area contributed by atoms with Crippen molar-refractivity contribution in [1.29, 1.82) is 0 Å². The minimum atomic E-state index is 0.656. The quantitative estimate of drug-likeness (QED) is 0.604. The van der Waals surface area contributed by atoms with Crippen molar-refractivity contribution in [2.24, 2.45) is 0 Å². The van der Waals surface area contributed by atoms with Gasteiger partial charge >= 0.3 is 0 Å². The summed E-state index contributed by atoms with van der Waals surface area (Å²) in [5.41, 5.74) is 1.84. The van der Waals surface area contributed by atoms with Gasteiger partial charge in [0.2, 0.25) is 0 Å². The van der Waals surface area contributed by atoms with Crippen molar-refractivity contribution in [1.82, 2.24) is 4.90 Å². The molecule has 0 amide bonds. The zero-order valence-electron chi connectivity index (χ0n) is 10.5. The molecule has 92 valence electrons.